The zero-order valence-corrected chi connectivity index (χ0v) is 17.5. The van der Waals surface area contributed by atoms with Crippen molar-refractivity contribution < 1.29 is 19.3 Å². The Morgan fingerprint density at radius 2 is 1.83 bits per heavy atom. The van der Waals surface area contributed by atoms with Crippen LogP contribution in [0.3, 0.4) is 0 Å². The number of aromatic nitrogens is 1. The second-order valence-corrected chi connectivity index (χ2v) is 8.20. The van der Waals surface area contributed by atoms with E-state index in [2.05, 4.69) is 28.5 Å². The zero-order valence-electron chi connectivity index (χ0n) is 17.5. The molecular formula is C25H27N2O3+. The molecule has 3 unspecified atom stereocenters. The largest absolute Gasteiger partial charge is 0.460 e. The van der Waals surface area contributed by atoms with Gasteiger partial charge in [-0.25, -0.2) is 9.78 Å². The highest BCUT2D eigenvalue weighted by molar-refractivity contribution is 5.96. The van der Waals surface area contributed by atoms with E-state index in [9.17, 15) is 9.59 Å². The Kier molecular flexibility index (Phi) is 5.53. The van der Waals surface area contributed by atoms with Crippen LogP contribution in [-0.4, -0.2) is 17.9 Å². The molecule has 3 atom stereocenters. The van der Waals surface area contributed by atoms with Gasteiger partial charge in [0.05, 0.1) is 23.5 Å². The molecule has 1 aromatic heterocycles. The molecule has 5 heteroatoms. The van der Waals surface area contributed by atoms with Gasteiger partial charge in [-0.2, -0.15) is 0 Å². The lowest BCUT2D eigenvalue weighted by Crippen LogP contribution is -2.43. The van der Waals surface area contributed by atoms with Crippen LogP contribution in [0.25, 0.3) is 0 Å². The summed E-state index contributed by atoms with van der Waals surface area (Å²) in [6, 6.07) is 15.8. The molecule has 154 valence electrons. The van der Waals surface area contributed by atoms with Crippen molar-refractivity contribution in [3.05, 3.63) is 89.0 Å². The molecular weight excluding hydrogens is 376 g/mol. The fourth-order valence-corrected chi connectivity index (χ4v) is 4.47. The highest BCUT2D eigenvalue weighted by Crippen LogP contribution is 2.45. The van der Waals surface area contributed by atoms with Gasteiger partial charge >= 0.3 is 5.97 Å². The van der Waals surface area contributed by atoms with E-state index < -0.39 is 11.8 Å². The fourth-order valence-electron chi connectivity index (χ4n) is 4.47. The van der Waals surface area contributed by atoms with Gasteiger partial charge in [-0.15, -0.1) is 0 Å². The first kappa shape index (κ1) is 20.1. The van der Waals surface area contributed by atoms with Crippen molar-refractivity contribution in [2.24, 2.45) is 5.92 Å². The van der Waals surface area contributed by atoms with Crippen LogP contribution >= 0.6 is 0 Å². The average molecular weight is 404 g/mol. The number of H-pyrrole nitrogens is 1. The summed E-state index contributed by atoms with van der Waals surface area (Å²) in [5, 5.41) is 3.36. The smallest absolute Gasteiger partial charge is 0.336 e. The van der Waals surface area contributed by atoms with Crippen LogP contribution in [0.4, 0.5) is 0 Å². The second-order valence-electron chi connectivity index (χ2n) is 8.20. The van der Waals surface area contributed by atoms with Crippen LogP contribution in [0.2, 0.25) is 0 Å². The standard InChI is InChI=1S/C25H26N2O3/c1-15(2)30-25(29)22-16(3)27-20-13-18(17-9-5-4-6-10-17)14-21(28)23(20)24(22)19-11-7-8-12-26-19/h4-13,15,18,23-24,27H,14H2,1-3H3/p+1. The van der Waals surface area contributed by atoms with Gasteiger partial charge in [-0.05, 0) is 26.3 Å². The Labute approximate surface area is 176 Å². The van der Waals surface area contributed by atoms with Crippen molar-refractivity contribution in [3.8, 4) is 0 Å². The van der Waals surface area contributed by atoms with Gasteiger partial charge in [0.25, 0.3) is 0 Å². The number of benzene rings is 1. The summed E-state index contributed by atoms with van der Waals surface area (Å²) in [6.45, 7) is 5.53. The first-order valence-electron chi connectivity index (χ1n) is 10.4. The van der Waals surface area contributed by atoms with Crippen LogP contribution in [0.15, 0.2) is 77.8 Å². The SMILES string of the molecule is CC1=C(C(=O)OC(C)C)C(c2cccc[nH+]2)C2C(=O)CC(c3ccccc3)C=C2N1. The first-order valence-corrected chi connectivity index (χ1v) is 10.4. The van der Waals surface area contributed by atoms with Crippen LogP contribution in [0.1, 0.15) is 50.3 Å². The Balaban J connectivity index is 1.81. The Morgan fingerprint density at radius 1 is 1.10 bits per heavy atom. The molecule has 2 heterocycles. The lowest BCUT2D eigenvalue weighted by atomic mass is 9.69. The van der Waals surface area contributed by atoms with Crippen molar-refractivity contribution in [2.75, 3.05) is 0 Å². The molecule has 2 N–H and O–H groups in total. The van der Waals surface area contributed by atoms with Crippen molar-refractivity contribution in [3.63, 3.8) is 0 Å². The van der Waals surface area contributed by atoms with Gasteiger partial charge in [0, 0.05) is 35.9 Å². The van der Waals surface area contributed by atoms with E-state index in [1.165, 1.54) is 0 Å². The highest BCUT2D eigenvalue weighted by atomic mass is 16.5. The van der Waals surface area contributed by atoms with E-state index in [0.717, 1.165) is 22.7 Å². The van der Waals surface area contributed by atoms with E-state index in [1.54, 1.807) is 0 Å². The quantitative estimate of drug-likeness (QED) is 0.791. The third-order valence-corrected chi connectivity index (χ3v) is 5.72. The number of rotatable bonds is 4. The normalized spacial score (nSPS) is 23.5. The number of Topliss-reactive ketones (excluding diaryl/α,β-unsaturated/α-hetero) is 1. The van der Waals surface area contributed by atoms with E-state index in [0.29, 0.717) is 12.0 Å². The molecule has 0 saturated carbocycles. The number of allylic oxidation sites excluding steroid dienone is 3. The van der Waals surface area contributed by atoms with Crippen molar-refractivity contribution >= 4 is 11.8 Å². The first-order chi connectivity index (χ1) is 14.5. The van der Waals surface area contributed by atoms with E-state index >= 15 is 0 Å². The highest BCUT2D eigenvalue weighted by Gasteiger charge is 2.47. The van der Waals surface area contributed by atoms with E-state index in [4.69, 9.17) is 4.74 Å². The Hall–Kier alpha value is -3.21. The molecule has 4 rings (SSSR count). The van der Waals surface area contributed by atoms with Crippen LogP contribution in [0, 0.1) is 5.92 Å². The summed E-state index contributed by atoms with van der Waals surface area (Å²) in [7, 11) is 0. The molecule has 2 aliphatic rings. The number of esters is 1. The molecule has 1 aliphatic heterocycles. The van der Waals surface area contributed by atoms with E-state index in [1.807, 2.05) is 63.4 Å². The molecule has 1 aliphatic carbocycles. The van der Waals surface area contributed by atoms with Crippen LogP contribution in [0.5, 0.6) is 0 Å². The molecule has 2 aromatic rings. The van der Waals surface area contributed by atoms with Gasteiger partial charge in [-0.3, -0.25) is 4.79 Å². The summed E-state index contributed by atoms with van der Waals surface area (Å²) in [4.78, 5) is 29.7. The molecule has 0 spiro atoms. The summed E-state index contributed by atoms with van der Waals surface area (Å²) in [6.07, 6.45) is 4.14. The lowest BCUT2D eigenvalue weighted by Gasteiger charge is -2.37. The summed E-state index contributed by atoms with van der Waals surface area (Å²) in [5.74, 6) is -1.08. The number of ketones is 1. The molecule has 5 nitrogen and oxygen atoms in total. The molecule has 0 radical (unpaired) electrons. The molecule has 0 saturated heterocycles. The molecule has 1 aromatic carbocycles. The van der Waals surface area contributed by atoms with E-state index in [-0.39, 0.29) is 23.8 Å². The van der Waals surface area contributed by atoms with Crippen molar-refractivity contribution in [2.45, 2.75) is 45.1 Å². The number of hydrogen-bond donors (Lipinski definition) is 1. The number of carbonyl (C=O) groups excluding carboxylic acids is 2. The minimum atomic E-state index is -0.443. The molecule has 0 amide bonds. The maximum Gasteiger partial charge on any atom is 0.336 e. The van der Waals surface area contributed by atoms with Crippen molar-refractivity contribution in [1.82, 2.24) is 5.32 Å². The number of pyridine rings is 1. The van der Waals surface area contributed by atoms with Gasteiger partial charge in [0.1, 0.15) is 5.78 Å². The Bertz CT molecular complexity index is 1010. The number of nitrogens with one attached hydrogen (secondary N) is 2. The van der Waals surface area contributed by atoms with Gasteiger partial charge in [0.2, 0.25) is 0 Å². The van der Waals surface area contributed by atoms with Crippen molar-refractivity contribution in [1.29, 1.82) is 0 Å². The van der Waals surface area contributed by atoms with Gasteiger partial charge in [-0.1, -0.05) is 42.5 Å². The maximum absolute atomic E-state index is 13.4. The maximum atomic E-state index is 13.4. The van der Waals surface area contributed by atoms with Gasteiger partial charge < -0.3 is 10.1 Å². The fraction of sp³-hybridized carbons (Fsp3) is 0.320. The number of carbonyl (C=O) groups is 2. The molecule has 0 bridgehead atoms. The monoisotopic (exact) mass is 403 g/mol. The Morgan fingerprint density at radius 3 is 2.50 bits per heavy atom. The van der Waals surface area contributed by atoms with Crippen LogP contribution < -0.4 is 10.3 Å². The predicted octanol–water partition coefficient (Wildman–Crippen LogP) is 3.67. The number of hydrogen-bond acceptors (Lipinski definition) is 4. The number of aromatic amines is 1. The number of fused-ring (bicyclic) bond motifs is 1. The topological polar surface area (TPSA) is 69.5 Å². The number of ether oxygens (including phenoxy) is 1. The predicted molar refractivity (Wildman–Crippen MR) is 113 cm³/mol. The molecule has 30 heavy (non-hydrogen) atoms. The second kappa shape index (κ2) is 8.27. The zero-order chi connectivity index (χ0) is 21.3. The summed E-state index contributed by atoms with van der Waals surface area (Å²) >= 11 is 0. The lowest BCUT2D eigenvalue weighted by molar-refractivity contribution is -0.392. The van der Waals surface area contributed by atoms with Crippen LogP contribution in [-0.2, 0) is 14.3 Å². The minimum Gasteiger partial charge on any atom is -0.460 e. The average Bonchev–Trinajstić information content (AvgIpc) is 2.73. The summed E-state index contributed by atoms with van der Waals surface area (Å²) in [5.41, 5.74) is 4.05. The third kappa shape index (κ3) is 3.80. The minimum absolute atomic E-state index is 0.0230. The van der Waals surface area contributed by atoms with Gasteiger partial charge in [0.15, 0.2) is 11.9 Å². The molecule has 0 fully saturated rings. The third-order valence-electron chi connectivity index (χ3n) is 5.72. The summed E-state index contributed by atoms with van der Waals surface area (Å²) < 4.78 is 5.54.